The minimum absolute atomic E-state index is 0.124. The number of halogens is 1. The highest BCUT2D eigenvalue weighted by molar-refractivity contribution is 7.88. The molecule has 7 nitrogen and oxygen atoms in total. The van der Waals surface area contributed by atoms with Gasteiger partial charge in [-0.05, 0) is 62.1 Å². The SMILES string of the molecule is CS(=O)(=O)N1[C@@H]2CC[C@@H]1CC(NCCOc1ccc(Oc3nc4cc(F)ccc4s3)cc1)C2. The topological polar surface area (TPSA) is 80.8 Å². The summed E-state index contributed by atoms with van der Waals surface area (Å²) in [5.41, 5.74) is 0.581. The summed E-state index contributed by atoms with van der Waals surface area (Å²) in [7, 11) is -3.13. The van der Waals surface area contributed by atoms with Gasteiger partial charge in [0.1, 0.15) is 23.9 Å². The second-order valence-electron chi connectivity index (χ2n) is 8.61. The summed E-state index contributed by atoms with van der Waals surface area (Å²) >= 11 is 1.37. The zero-order valence-electron chi connectivity index (χ0n) is 18.2. The van der Waals surface area contributed by atoms with Crippen molar-refractivity contribution in [3.63, 3.8) is 0 Å². The summed E-state index contributed by atoms with van der Waals surface area (Å²) in [5.74, 6) is 1.05. The molecule has 10 heteroatoms. The number of thiazole rings is 1. The van der Waals surface area contributed by atoms with Crippen LogP contribution in [0.15, 0.2) is 42.5 Å². The molecule has 3 heterocycles. The molecule has 2 aliphatic rings. The lowest BCUT2D eigenvalue weighted by Gasteiger charge is -2.37. The van der Waals surface area contributed by atoms with E-state index in [4.69, 9.17) is 9.47 Å². The molecule has 1 aromatic heterocycles. The smallest absolute Gasteiger partial charge is 0.279 e. The van der Waals surface area contributed by atoms with Gasteiger partial charge in [-0.1, -0.05) is 11.3 Å². The zero-order chi connectivity index (χ0) is 23.0. The third-order valence-electron chi connectivity index (χ3n) is 6.21. The first kappa shape index (κ1) is 22.5. The van der Waals surface area contributed by atoms with E-state index < -0.39 is 10.0 Å². The number of ether oxygens (including phenoxy) is 2. The van der Waals surface area contributed by atoms with Gasteiger partial charge in [0.25, 0.3) is 5.19 Å². The third kappa shape index (κ3) is 5.13. The monoisotopic (exact) mass is 491 g/mol. The predicted octanol–water partition coefficient (Wildman–Crippen LogP) is 4.15. The van der Waals surface area contributed by atoms with Crippen molar-refractivity contribution in [2.45, 2.75) is 43.8 Å². The van der Waals surface area contributed by atoms with Crippen LogP contribution in [0.25, 0.3) is 10.2 Å². The molecule has 0 aliphatic carbocycles. The van der Waals surface area contributed by atoms with Crippen molar-refractivity contribution in [1.29, 1.82) is 0 Å². The van der Waals surface area contributed by atoms with Gasteiger partial charge in [-0.3, -0.25) is 0 Å². The molecule has 2 saturated heterocycles. The number of hydrogen-bond acceptors (Lipinski definition) is 7. The maximum absolute atomic E-state index is 13.3. The molecule has 2 aromatic carbocycles. The fourth-order valence-corrected chi connectivity index (χ4v) is 7.18. The molecule has 0 unspecified atom stereocenters. The second-order valence-corrected chi connectivity index (χ2v) is 11.5. The molecule has 0 amide bonds. The molecule has 33 heavy (non-hydrogen) atoms. The molecular weight excluding hydrogens is 465 g/mol. The first-order valence-electron chi connectivity index (χ1n) is 11.0. The van der Waals surface area contributed by atoms with Crippen molar-refractivity contribution in [1.82, 2.24) is 14.6 Å². The maximum Gasteiger partial charge on any atom is 0.279 e. The second kappa shape index (κ2) is 9.17. The Morgan fingerprint density at radius 1 is 1.12 bits per heavy atom. The Morgan fingerprint density at radius 2 is 1.82 bits per heavy atom. The van der Waals surface area contributed by atoms with E-state index in [9.17, 15) is 12.8 Å². The third-order valence-corrected chi connectivity index (χ3v) is 8.49. The zero-order valence-corrected chi connectivity index (χ0v) is 19.9. The fourth-order valence-electron chi connectivity index (χ4n) is 4.90. The lowest BCUT2D eigenvalue weighted by atomic mass is 10.00. The molecule has 0 radical (unpaired) electrons. The number of rotatable bonds is 8. The van der Waals surface area contributed by atoms with Crippen molar-refractivity contribution < 1.29 is 22.3 Å². The fraction of sp³-hybridized carbons (Fsp3) is 0.435. The molecular formula is C23H26FN3O4S2. The molecule has 2 aliphatic heterocycles. The quantitative estimate of drug-likeness (QED) is 0.477. The van der Waals surface area contributed by atoms with Crippen molar-refractivity contribution >= 4 is 31.6 Å². The first-order valence-corrected chi connectivity index (χ1v) is 13.7. The van der Waals surface area contributed by atoms with Crippen LogP contribution in [0.5, 0.6) is 16.7 Å². The van der Waals surface area contributed by atoms with Gasteiger partial charge in [-0.15, -0.1) is 0 Å². The van der Waals surface area contributed by atoms with Crippen LogP contribution < -0.4 is 14.8 Å². The van der Waals surface area contributed by atoms with Crippen LogP contribution in [-0.4, -0.2) is 55.2 Å². The molecule has 2 fully saturated rings. The van der Waals surface area contributed by atoms with Gasteiger partial charge in [0, 0.05) is 30.7 Å². The average molecular weight is 492 g/mol. The Kier molecular flexibility index (Phi) is 6.26. The summed E-state index contributed by atoms with van der Waals surface area (Å²) in [6.45, 7) is 1.22. The average Bonchev–Trinajstić information content (AvgIpc) is 3.29. The number of piperidine rings is 1. The molecule has 5 rings (SSSR count). The highest BCUT2D eigenvalue weighted by atomic mass is 32.2. The van der Waals surface area contributed by atoms with Crippen LogP contribution in [-0.2, 0) is 10.0 Å². The summed E-state index contributed by atoms with van der Waals surface area (Å²) in [5, 5.41) is 3.98. The van der Waals surface area contributed by atoms with E-state index in [0.717, 1.165) is 36.1 Å². The first-order chi connectivity index (χ1) is 15.8. The van der Waals surface area contributed by atoms with Gasteiger partial charge in [0.2, 0.25) is 10.0 Å². The molecule has 0 saturated carbocycles. The highest BCUT2D eigenvalue weighted by Gasteiger charge is 2.44. The molecule has 176 valence electrons. The minimum atomic E-state index is -3.13. The van der Waals surface area contributed by atoms with Crippen LogP contribution in [0.3, 0.4) is 0 Å². The van der Waals surface area contributed by atoms with Crippen molar-refractivity contribution in [2.75, 3.05) is 19.4 Å². The van der Waals surface area contributed by atoms with Gasteiger partial charge in [0.15, 0.2) is 0 Å². The molecule has 3 aromatic rings. The summed E-state index contributed by atoms with van der Waals surface area (Å²) in [4.78, 5) is 4.31. The van der Waals surface area contributed by atoms with Crippen LogP contribution in [0.4, 0.5) is 4.39 Å². The minimum Gasteiger partial charge on any atom is -0.492 e. The maximum atomic E-state index is 13.3. The normalized spacial score (nSPS) is 23.2. The van der Waals surface area contributed by atoms with Crippen LogP contribution in [0, 0.1) is 5.82 Å². The van der Waals surface area contributed by atoms with Gasteiger partial charge in [0.05, 0.1) is 16.5 Å². The van der Waals surface area contributed by atoms with Crippen LogP contribution in [0.1, 0.15) is 25.7 Å². The van der Waals surface area contributed by atoms with Gasteiger partial charge in [-0.25, -0.2) is 17.8 Å². The Bertz CT molecular complexity index is 1220. The van der Waals surface area contributed by atoms with E-state index in [2.05, 4.69) is 10.3 Å². The standard InChI is InChI=1S/C23H26FN3O4S2/c1-33(28,29)27-17-3-4-18(27)14-16(13-17)25-10-11-30-19-5-7-20(8-6-19)31-23-26-21-12-15(24)2-9-22(21)32-23/h2,5-9,12,16-18,25H,3-4,10-11,13-14H2,1H3/t17-,18-/m1/s1. The molecule has 0 spiro atoms. The van der Waals surface area contributed by atoms with Crippen LogP contribution in [0.2, 0.25) is 0 Å². The van der Waals surface area contributed by atoms with Crippen LogP contribution >= 0.6 is 11.3 Å². The molecule has 2 atom stereocenters. The molecule has 1 N–H and O–H groups in total. The lowest BCUT2D eigenvalue weighted by Crippen LogP contribution is -2.51. The molecule has 2 bridgehead atoms. The van der Waals surface area contributed by atoms with E-state index in [1.165, 1.54) is 29.7 Å². The largest absolute Gasteiger partial charge is 0.492 e. The van der Waals surface area contributed by atoms with E-state index in [1.807, 2.05) is 24.3 Å². The van der Waals surface area contributed by atoms with Crippen molar-refractivity contribution in [2.24, 2.45) is 0 Å². The summed E-state index contributed by atoms with van der Waals surface area (Å²) in [6.07, 6.45) is 4.93. The number of nitrogens with one attached hydrogen (secondary N) is 1. The van der Waals surface area contributed by atoms with E-state index in [0.29, 0.717) is 35.7 Å². The highest BCUT2D eigenvalue weighted by Crippen LogP contribution is 2.37. The Labute approximate surface area is 196 Å². The Balaban J connectivity index is 1.08. The number of nitrogens with zero attached hydrogens (tertiary/aromatic N) is 2. The van der Waals surface area contributed by atoms with Gasteiger partial charge < -0.3 is 14.8 Å². The summed E-state index contributed by atoms with van der Waals surface area (Å²) < 4.78 is 51.6. The number of aromatic nitrogens is 1. The van der Waals surface area contributed by atoms with E-state index in [-0.39, 0.29) is 17.9 Å². The van der Waals surface area contributed by atoms with Crippen molar-refractivity contribution in [3.05, 3.63) is 48.3 Å². The van der Waals surface area contributed by atoms with E-state index in [1.54, 1.807) is 10.4 Å². The summed E-state index contributed by atoms with van der Waals surface area (Å²) in [6, 6.07) is 12.4. The number of sulfonamides is 1. The number of hydrogen-bond donors (Lipinski definition) is 1. The Hall–Kier alpha value is -2.27. The number of benzene rings is 2. The predicted molar refractivity (Wildman–Crippen MR) is 126 cm³/mol. The van der Waals surface area contributed by atoms with Gasteiger partial charge >= 0.3 is 0 Å². The van der Waals surface area contributed by atoms with E-state index >= 15 is 0 Å². The lowest BCUT2D eigenvalue weighted by molar-refractivity contribution is 0.201. The van der Waals surface area contributed by atoms with Gasteiger partial charge in [-0.2, -0.15) is 4.31 Å². The Morgan fingerprint density at radius 3 is 2.52 bits per heavy atom. The van der Waals surface area contributed by atoms with Crippen molar-refractivity contribution in [3.8, 4) is 16.7 Å². The number of fused-ring (bicyclic) bond motifs is 3.